The molecule has 0 radical (unpaired) electrons. The summed E-state index contributed by atoms with van der Waals surface area (Å²) in [6.45, 7) is 3.33. The smallest absolute Gasteiger partial charge is 0.227 e. The van der Waals surface area contributed by atoms with Crippen LogP contribution in [0.5, 0.6) is 5.75 Å². The fraction of sp³-hybridized carbons (Fsp3) is 0.190. The molecule has 1 aromatic heterocycles. The predicted molar refractivity (Wildman–Crippen MR) is 101 cm³/mol. The minimum Gasteiger partial charge on any atom is -0.494 e. The molecule has 3 aromatic carbocycles. The number of rotatable bonds is 5. The van der Waals surface area contributed by atoms with Crippen molar-refractivity contribution in [1.82, 2.24) is 4.98 Å². The summed E-state index contributed by atoms with van der Waals surface area (Å²) >= 11 is 0. The van der Waals surface area contributed by atoms with Crippen LogP contribution in [0.2, 0.25) is 0 Å². The van der Waals surface area contributed by atoms with Gasteiger partial charge in [-0.3, -0.25) is 0 Å². The molecule has 0 aliphatic rings. The van der Waals surface area contributed by atoms with E-state index in [0.29, 0.717) is 19.0 Å². The second-order valence-electron chi connectivity index (χ2n) is 6.20. The number of benzene rings is 3. The first-order valence-electron chi connectivity index (χ1n) is 8.47. The van der Waals surface area contributed by atoms with E-state index >= 15 is 0 Å². The van der Waals surface area contributed by atoms with Gasteiger partial charge in [-0.15, -0.1) is 0 Å². The van der Waals surface area contributed by atoms with E-state index in [1.54, 1.807) is 0 Å². The maximum absolute atomic E-state index is 5.93. The second-order valence-corrected chi connectivity index (χ2v) is 6.20. The molecule has 4 rings (SSSR count). The molecule has 2 N–H and O–H groups in total. The van der Waals surface area contributed by atoms with Crippen molar-refractivity contribution in [3.05, 3.63) is 60.2 Å². The molecule has 0 fully saturated rings. The Morgan fingerprint density at radius 2 is 1.84 bits per heavy atom. The first-order valence-corrected chi connectivity index (χ1v) is 8.47. The van der Waals surface area contributed by atoms with E-state index in [2.05, 4.69) is 23.2 Å². The fourth-order valence-corrected chi connectivity index (χ4v) is 2.88. The molecule has 0 aliphatic heterocycles. The van der Waals surface area contributed by atoms with Gasteiger partial charge < -0.3 is 14.9 Å². The average Bonchev–Trinajstić information content (AvgIpc) is 3.04. The van der Waals surface area contributed by atoms with Crippen LogP contribution in [0.15, 0.2) is 59.0 Å². The van der Waals surface area contributed by atoms with Gasteiger partial charge in [0.15, 0.2) is 5.58 Å². The van der Waals surface area contributed by atoms with E-state index in [1.165, 1.54) is 0 Å². The zero-order valence-corrected chi connectivity index (χ0v) is 14.2. The van der Waals surface area contributed by atoms with Crippen molar-refractivity contribution in [3.63, 3.8) is 0 Å². The van der Waals surface area contributed by atoms with E-state index in [1.807, 2.05) is 43.3 Å². The van der Waals surface area contributed by atoms with E-state index < -0.39 is 0 Å². The molecule has 0 amide bonds. The largest absolute Gasteiger partial charge is 0.494 e. The Balaban J connectivity index is 1.66. The maximum Gasteiger partial charge on any atom is 0.227 e. The van der Waals surface area contributed by atoms with Crippen molar-refractivity contribution < 1.29 is 9.15 Å². The summed E-state index contributed by atoms with van der Waals surface area (Å²) in [6.07, 6.45) is 0.855. The molecular weight excluding hydrogens is 312 g/mol. The number of aromatic nitrogens is 1. The number of aryl methyl sites for hydroxylation is 1. The van der Waals surface area contributed by atoms with E-state index in [9.17, 15) is 0 Å². The molecule has 4 heteroatoms. The monoisotopic (exact) mass is 332 g/mol. The van der Waals surface area contributed by atoms with Crippen molar-refractivity contribution in [3.8, 4) is 17.2 Å². The molecule has 0 saturated carbocycles. The Hall–Kier alpha value is -2.85. The molecule has 4 aromatic rings. The number of oxazole rings is 1. The van der Waals surface area contributed by atoms with Crippen LogP contribution in [0.4, 0.5) is 0 Å². The maximum atomic E-state index is 5.93. The van der Waals surface area contributed by atoms with Gasteiger partial charge in [0.1, 0.15) is 11.3 Å². The quantitative estimate of drug-likeness (QED) is 0.539. The summed E-state index contributed by atoms with van der Waals surface area (Å²) < 4.78 is 11.6. The van der Waals surface area contributed by atoms with E-state index in [4.69, 9.17) is 14.9 Å². The van der Waals surface area contributed by atoms with Crippen LogP contribution >= 0.6 is 0 Å². The number of ether oxygens (including phenoxy) is 1. The summed E-state index contributed by atoms with van der Waals surface area (Å²) in [6, 6.07) is 18.3. The van der Waals surface area contributed by atoms with Crippen LogP contribution in [-0.4, -0.2) is 18.1 Å². The summed E-state index contributed by atoms with van der Waals surface area (Å²) in [4.78, 5) is 4.60. The zero-order valence-electron chi connectivity index (χ0n) is 14.2. The Morgan fingerprint density at radius 1 is 1.00 bits per heavy atom. The van der Waals surface area contributed by atoms with Crippen molar-refractivity contribution >= 4 is 21.9 Å². The molecule has 126 valence electrons. The molecule has 25 heavy (non-hydrogen) atoms. The summed E-state index contributed by atoms with van der Waals surface area (Å²) in [5.41, 5.74) is 9.33. The molecule has 0 bridgehead atoms. The summed E-state index contributed by atoms with van der Waals surface area (Å²) in [5, 5.41) is 2.25. The molecule has 4 nitrogen and oxygen atoms in total. The number of hydrogen-bond acceptors (Lipinski definition) is 4. The molecule has 1 heterocycles. The lowest BCUT2D eigenvalue weighted by Gasteiger charge is -2.07. The van der Waals surface area contributed by atoms with Crippen LogP contribution in [0.3, 0.4) is 0 Å². The van der Waals surface area contributed by atoms with Crippen molar-refractivity contribution in [2.24, 2.45) is 5.73 Å². The van der Waals surface area contributed by atoms with Gasteiger partial charge in [0, 0.05) is 5.56 Å². The summed E-state index contributed by atoms with van der Waals surface area (Å²) in [7, 11) is 0. The SMILES string of the molecule is Cc1ccc2nc(-c3ccc4cc(OCCCN)ccc4c3)oc2c1. The first kappa shape index (κ1) is 15.7. The van der Waals surface area contributed by atoms with Crippen LogP contribution < -0.4 is 10.5 Å². The van der Waals surface area contributed by atoms with Crippen LogP contribution in [-0.2, 0) is 0 Å². The fourth-order valence-electron chi connectivity index (χ4n) is 2.88. The second kappa shape index (κ2) is 6.57. The van der Waals surface area contributed by atoms with Gasteiger partial charge in [-0.1, -0.05) is 18.2 Å². The highest BCUT2D eigenvalue weighted by Crippen LogP contribution is 2.29. The molecule has 0 aliphatic carbocycles. The van der Waals surface area contributed by atoms with Crippen molar-refractivity contribution in [2.75, 3.05) is 13.2 Å². The van der Waals surface area contributed by atoms with Crippen LogP contribution in [0.1, 0.15) is 12.0 Å². The Kier molecular flexibility index (Phi) is 4.12. The van der Waals surface area contributed by atoms with Gasteiger partial charge >= 0.3 is 0 Å². The van der Waals surface area contributed by atoms with Crippen molar-refractivity contribution in [2.45, 2.75) is 13.3 Å². The minimum atomic E-state index is 0.640. The Labute approximate surface area is 146 Å². The molecule has 0 saturated heterocycles. The number of fused-ring (bicyclic) bond motifs is 2. The summed E-state index contributed by atoms with van der Waals surface area (Å²) in [5.74, 6) is 1.51. The normalized spacial score (nSPS) is 11.3. The molecule has 0 atom stereocenters. The predicted octanol–water partition coefficient (Wildman–Crippen LogP) is 4.68. The lowest BCUT2D eigenvalue weighted by molar-refractivity contribution is 0.314. The van der Waals surface area contributed by atoms with Crippen LogP contribution in [0.25, 0.3) is 33.3 Å². The topological polar surface area (TPSA) is 61.3 Å². The lowest BCUT2D eigenvalue weighted by atomic mass is 10.1. The zero-order chi connectivity index (χ0) is 17.2. The number of nitrogens with two attached hydrogens (primary N) is 1. The van der Waals surface area contributed by atoms with Gasteiger partial charge in [-0.25, -0.2) is 4.98 Å². The van der Waals surface area contributed by atoms with Crippen molar-refractivity contribution in [1.29, 1.82) is 0 Å². The highest BCUT2D eigenvalue weighted by atomic mass is 16.5. The van der Waals surface area contributed by atoms with Gasteiger partial charge in [0.25, 0.3) is 0 Å². The third kappa shape index (κ3) is 3.21. The van der Waals surface area contributed by atoms with E-state index in [0.717, 1.165) is 45.2 Å². The standard InChI is InChI=1S/C21H20N2O2/c1-14-3-8-19-20(11-14)25-21(23-19)17-5-4-16-13-18(24-10-2-9-22)7-6-15(16)12-17/h3-8,11-13H,2,9-10,22H2,1H3. The third-order valence-corrected chi connectivity index (χ3v) is 4.22. The van der Waals surface area contributed by atoms with Gasteiger partial charge in [-0.05, 0) is 72.6 Å². The van der Waals surface area contributed by atoms with Crippen LogP contribution in [0, 0.1) is 6.92 Å². The van der Waals surface area contributed by atoms with Gasteiger partial charge in [-0.2, -0.15) is 0 Å². The Morgan fingerprint density at radius 3 is 2.72 bits per heavy atom. The third-order valence-electron chi connectivity index (χ3n) is 4.22. The van der Waals surface area contributed by atoms with E-state index in [-0.39, 0.29) is 0 Å². The molecule has 0 spiro atoms. The molecule has 0 unspecified atom stereocenters. The highest BCUT2D eigenvalue weighted by Gasteiger charge is 2.09. The number of hydrogen-bond donors (Lipinski definition) is 1. The lowest BCUT2D eigenvalue weighted by Crippen LogP contribution is -2.05. The van der Waals surface area contributed by atoms with Gasteiger partial charge in [0.2, 0.25) is 5.89 Å². The first-order chi connectivity index (χ1) is 12.2. The minimum absolute atomic E-state index is 0.640. The molecular formula is C21H20N2O2. The highest BCUT2D eigenvalue weighted by molar-refractivity contribution is 5.88. The Bertz CT molecular complexity index is 1040. The number of nitrogens with zero attached hydrogens (tertiary/aromatic N) is 1. The average molecular weight is 332 g/mol. The van der Waals surface area contributed by atoms with Gasteiger partial charge in [0.05, 0.1) is 6.61 Å².